The number of fused-ring (bicyclic) bond motifs is 2. The van der Waals surface area contributed by atoms with Gasteiger partial charge >= 0.3 is 6.09 Å². The molecule has 2 aliphatic heterocycles. The standard InChI is InChI=1S/C26H32N8O4/c1-15(2)32(4)23-11-17-18(20(28-23)13-31(3)26(36)37)12-33(25(17)35)21-8-6-7-19(27-21)24-30-29-22-10-9-16(14-38-5)34(22)24/h6-8,11,15-16H,9-10,12-14H2,1-5H3,(H,36,37). The summed E-state index contributed by atoms with van der Waals surface area (Å²) in [5.41, 5.74) is 2.39. The van der Waals surface area contributed by atoms with E-state index in [9.17, 15) is 14.7 Å². The van der Waals surface area contributed by atoms with Gasteiger partial charge in [-0.15, -0.1) is 10.2 Å². The van der Waals surface area contributed by atoms with Crippen LogP contribution in [0.4, 0.5) is 16.4 Å². The lowest BCUT2D eigenvalue weighted by molar-refractivity contribution is 0.0996. The molecule has 2 aliphatic rings. The Morgan fingerprint density at radius 1 is 1.24 bits per heavy atom. The lowest BCUT2D eigenvalue weighted by Crippen LogP contribution is -2.29. The van der Waals surface area contributed by atoms with E-state index in [1.165, 1.54) is 7.05 Å². The summed E-state index contributed by atoms with van der Waals surface area (Å²) in [6, 6.07) is 7.57. The molecule has 200 valence electrons. The molecule has 5 rings (SSSR count). The Labute approximate surface area is 220 Å². The van der Waals surface area contributed by atoms with E-state index in [1.807, 2.05) is 37.9 Å². The minimum atomic E-state index is -1.06. The first-order valence-corrected chi connectivity index (χ1v) is 12.6. The fourth-order valence-electron chi connectivity index (χ4n) is 4.93. The highest BCUT2D eigenvalue weighted by molar-refractivity contribution is 6.10. The summed E-state index contributed by atoms with van der Waals surface area (Å²) in [6.07, 6.45) is 0.694. The molecule has 12 nitrogen and oxygen atoms in total. The van der Waals surface area contributed by atoms with Crippen LogP contribution in [0, 0.1) is 0 Å². The van der Waals surface area contributed by atoms with E-state index in [-0.39, 0.29) is 31.1 Å². The van der Waals surface area contributed by atoms with Crippen molar-refractivity contribution in [3.63, 3.8) is 0 Å². The lowest BCUT2D eigenvalue weighted by Gasteiger charge is -2.24. The van der Waals surface area contributed by atoms with Crippen LogP contribution < -0.4 is 9.80 Å². The molecule has 12 heteroatoms. The zero-order valence-corrected chi connectivity index (χ0v) is 22.2. The van der Waals surface area contributed by atoms with Gasteiger partial charge < -0.3 is 24.2 Å². The molecule has 0 spiro atoms. The van der Waals surface area contributed by atoms with Gasteiger partial charge in [0.15, 0.2) is 5.82 Å². The molecule has 0 aliphatic carbocycles. The molecule has 0 saturated heterocycles. The number of aromatic nitrogens is 5. The van der Waals surface area contributed by atoms with Crippen LogP contribution in [0.3, 0.4) is 0 Å². The number of ether oxygens (including phenoxy) is 1. The van der Waals surface area contributed by atoms with Gasteiger partial charge in [-0.3, -0.25) is 9.69 Å². The average molecular weight is 521 g/mol. The van der Waals surface area contributed by atoms with E-state index in [4.69, 9.17) is 14.7 Å². The number of rotatable bonds is 8. The van der Waals surface area contributed by atoms with E-state index in [0.717, 1.165) is 23.6 Å². The quantitative estimate of drug-likeness (QED) is 0.476. The number of nitrogens with zero attached hydrogens (tertiary/aromatic N) is 8. The molecule has 38 heavy (non-hydrogen) atoms. The Morgan fingerprint density at radius 3 is 2.74 bits per heavy atom. The first kappa shape index (κ1) is 25.6. The van der Waals surface area contributed by atoms with Gasteiger partial charge in [0.2, 0.25) is 0 Å². The minimum absolute atomic E-state index is 0.0683. The average Bonchev–Trinajstić information content (AvgIpc) is 3.58. The molecule has 0 fully saturated rings. The monoisotopic (exact) mass is 520 g/mol. The van der Waals surface area contributed by atoms with Crippen molar-refractivity contribution in [1.29, 1.82) is 0 Å². The number of amides is 2. The van der Waals surface area contributed by atoms with Crippen molar-refractivity contribution in [3.8, 4) is 11.5 Å². The van der Waals surface area contributed by atoms with Crippen molar-refractivity contribution in [2.45, 2.75) is 51.9 Å². The van der Waals surface area contributed by atoms with Crippen LogP contribution in [0.5, 0.6) is 0 Å². The van der Waals surface area contributed by atoms with E-state index >= 15 is 0 Å². The summed E-state index contributed by atoms with van der Waals surface area (Å²) in [4.78, 5) is 39.6. The maximum absolute atomic E-state index is 13.7. The normalized spacial score (nSPS) is 16.2. The smallest absolute Gasteiger partial charge is 0.407 e. The summed E-state index contributed by atoms with van der Waals surface area (Å²) in [5, 5.41) is 18.2. The predicted octanol–water partition coefficient (Wildman–Crippen LogP) is 2.98. The maximum atomic E-state index is 13.7. The molecule has 0 aromatic carbocycles. The molecular formula is C26H32N8O4. The van der Waals surface area contributed by atoms with Gasteiger partial charge in [0.25, 0.3) is 5.91 Å². The van der Waals surface area contributed by atoms with Gasteiger partial charge in [-0.05, 0) is 38.5 Å². The number of carbonyl (C=O) groups excluding carboxylic acids is 1. The van der Waals surface area contributed by atoms with E-state index in [0.29, 0.717) is 46.6 Å². The maximum Gasteiger partial charge on any atom is 0.407 e. The van der Waals surface area contributed by atoms with Crippen molar-refractivity contribution in [3.05, 3.63) is 46.9 Å². The topological polar surface area (TPSA) is 130 Å². The van der Waals surface area contributed by atoms with Gasteiger partial charge in [-0.1, -0.05) is 6.07 Å². The Balaban J connectivity index is 1.51. The highest BCUT2D eigenvalue weighted by Gasteiger charge is 2.34. The molecule has 5 heterocycles. The largest absolute Gasteiger partial charge is 0.465 e. The number of aryl methyl sites for hydroxylation is 1. The Bertz CT molecular complexity index is 1390. The Hall–Kier alpha value is -4.06. The van der Waals surface area contributed by atoms with Gasteiger partial charge in [-0.2, -0.15) is 0 Å². The summed E-state index contributed by atoms with van der Waals surface area (Å²) < 4.78 is 7.47. The van der Waals surface area contributed by atoms with Crippen molar-refractivity contribution in [2.24, 2.45) is 0 Å². The number of carboxylic acid groups (broad SMARTS) is 1. The molecule has 0 bridgehead atoms. The molecule has 3 aromatic heterocycles. The van der Waals surface area contributed by atoms with Gasteiger partial charge in [0.1, 0.15) is 23.2 Å². The fourth-order valence-corrected chi connectivity index (χ4v) is 4.93. The predicted molar refractivity (Wildman–Crippen MR) is 140 cm³/mol. The molecule has 0 saturated carbocycles. The summed E-state index contributed by atoms with van der Waals surface area (Å²) in [7, 11) is 5.07. The zero-order valence-electron chi connectivity index (χ0n) is 22.2. The van der Waals surface area contributed by atoms with Crippen LogP contribution in [0.2, 0.25) is 0 Å². The first-order chi connectivity index (χ1) is 18.2. The fraction of sp³-hybridized carbons (Fsp3) is 0.462. The highest BCUT2D eigenvalue weighted by atomic mass is 16.5. The van der Waals surface area contributed by atoms with Gasteiger partial charge in [0.05, 0.1) is 37.0 Å². The molecule has 3 aromatic rings. The number of methoxy groups -OCH3 is 1. The summed E-state index contributed by atoms with van der Waals surface area (Å²) >= 11 is 0. The van der Waals surface area contributed by atoms with Crippen molar-refractivity contribution in [2.75, 3.05) is 37.6 Å². The first-order valence-electron chi connectivity index (χ1n) is 12.6. The molecule has 2 amide bonds. The molecule has 1 N–H and O–H groups in total. The van der Waals surface area contributed by atoms with Crippen molar-refractivity contribution < 1.29 is 19.4 Å². The van der Waals surface area contributed by atoms with Crippen molar-refractivity contribution in [1.82, 2.24) is 29.6 Å². The summed E-state index contributed by atoms with van der Waals surface area (Å²) in [5.74, 6) is 2.45. The second kappa shape index (κ2) is 10.0. The lowest BCUT2D eigenvalue weighted by atomic mass is 10.1. The molecule has 1 atom stereocenters. The third-order valence-corrected chi connectivity index (χ3v) is 7.27. The SMILES string of the molecule is COCC1CCc2nnc(-c3cccc(N4Cc5c(cc(N(C)C(C)C)nc5CN(C)C(=O)O)C4=O)n3)n21. The van der Waals surface area contributed by atoms with E-state index < -0.39 is 6.09 Å². The summed E-state index contributed by atoms with van der Waals surface area (Å²) in [6.45, 7) is 4.93. The van der Waals surface area contributed by atoms with E-state index in [1.54, 1.807) is 24.1 Å². The van der Waals surface area contributed by atoms with Crippen LogP contribution in [0.15, 0.2) is 24.3 Å². The van der Waals surface area contributed by atoms with Crippen molar-refractivity contribution >= 4 is 23.6 Å². The minimum Gasteiger partial charge on any atom is -0.465 e. The van der Waals surface area contributed by atoms with Crippen LogP contribution in [0.25, 0.3) is 11.5 Å². The number of anilines is 2. The number of hydrogen-bond acceptors (Lipinski definition) is 8. The molecule has 0 radical (unpaired) electrons. The number of pyridine rings is 2. The van der Waals surface area contributed by atoms with Crippen LogP contribution in [0.1, 0.15) is 53.7 Å². The molecule has 1 unspecified atom stereocenters. The van der Waals surface area contributed by atoms with Gasteiger partial charge in [0, 0.05) is 39.2 Å². The molecular weight excluding hydrogens is 488 g/mol. The second-order valence-corrected chi connectivity index (χ2v) is 10.0. The number of carbonyl (C=O) groups is 2. The zero-order chi connectivity index (χ0) is 27.1. The third-order valence-electron chi connectivity index (χ3n) is 7.27. The van der Waals surface area contributed by atoms with Crippen LogP contribution in [-0.2, 0) is 24.2 Å². The Morgan fingerprint density at radius 2 is 2.03 bits per heavy atom. The highest BCUT2D eigenvalue weighted by Crippen LogP contribution is 2.34. The van der Waals surface area contributed by atoms with Gasteiger partial charge in [-0.25, -0.2) is 14.8 Å². The van der Waals surface area contributed by atoms with Crippen LogP contribution in [-0.4, -0.2) is 80.6 Å². The second-order valence-electron chi connectivity index (χ2n) is 10.0. The number of hydrogen-bond donors (Lipinski definition) is 1. The third kappa shape index (κ3) is 4.44. The van der Waals surface area contributed by atoms with E-state index in [2.05, 4.69) is 14.8 Å². The Kier molecular flexibility index (Phi) is 6.74. The van der Waals surface area contributed by atoms with Crippen LogP contribution >= 0.6 is 0 Å².